The summed E-state index contributed by atoms with van der Waals surface area (Å²) in [6.45, 7) is 3.06. The average molecular weight is 349 g/mol. The number of aromatic nitrogens is 2. The summed E-state index contributed by atoms with van der Waals surface area (Å²) in [5.41, 5.74) is 3.49. The van der Waals surface area contributed by atoms with E-state index >= 15 is 0 Å². The largest absolute Gasteiger partial charge is 0.396 e. The second kappa shape index (κ2) is 7.22. The smallest absolute Gasteiger partial charge is 0.123 e. The summed E-state index contributed by atoms with van der Waals surface area (Å²) in [6.07, 6.45) is 3.14. The number of rotatable bonds is 5. The Labute approximate surface area is 155 Å². The third-order valence-corrected chi connectivity index (χ3v) is 5.74. The Bertz CT molecular complexity index is 873. The number of nitrogens with zero attached hydrogens (tertiary/aromatic N) is 3. The molecule has 136 valence electrons. The number of hydrogen-bond acceptors (Lipinski definition) is 3. The SMILES string of the molecule is Cn1c(CN2CCCC(CO)(Cc3ccccc3)C2)nc2ccccc21. The molecule has 1 aromatic heterocycles. The van der Waals surface area contributed by atoms with Gasteiger partial charge in [0.1, 0.15) is 5.82 Å². The zero-order valence-electron chi connectivity index (χ0n) is 15.4. The molecule has 1 unspecified atom stereocenters. The Hall–Kier alpha value is -2.17. The molecule has 1 N–H and O–H groups in total. The number of piperidine rings is 1. The number of imidazole rings is 1. The van der Waals surface area contributed by atoms with E-state index in [0.29, 0.717) is 0 Å². The van der Waals surface area contributed by atoms with E-state index in [9.17, 15) is 5.11 Å². The van der Waals surface area contributed by atoms with Gasteiger partial charge in [0.15, 0.2) is 0 Å². The predicted molar refractivity (Wildman–Crippen MR) is 105 cm³/mol. The van der Waals surface area contributed by atoms with Crippen LogP contribution in [0.4, 0.5) is 0 Å². The molecule has 1 aliphatic heterocycles. The molecule has 2 aromatic carbocycles. The summed E-state index contributed by atoms with van der Waals surface area (Å²) in [5, 5.41) is 10.2. The van der Waals surface area contributed by atoms with Crippen molar-refractivity contribution >= 4 is 11.0 Å². The Morgan fingerprint density at radius 3 is 2.62 bits per heavy atom. The van der Waals surface area contributed by atoms with E-state index in [4.69, 9.17) is 4.98 Å². The Morgan fingerprint density at radius 2 is 1.85 bits per heavy atom. The van der Waals surface area contributed by atoms with Crippen LogP contribution in [0, 0.1) is 5.41 Å². The van der Waals surface area contributed by atoms with Gasteiger partial charge in [0.25, 0.3) is 0 Å². The number of likely N-dealkylation sites (tertiary alicyclic amines) is 1. The predicted octanol–water partition coefficient (Wildman–Crippen LogP) is 3.39. The molecular weight excluding hydrogens is 322 g/mol. The fourth-order valence-electron chi connectivity index (χ4n) is 4.34. The van der Waals surface area contributed by atoms with Gasteiger partial charge in [-0.2, -0.15) is 0 Å². The minimum atomic E-state index is -0.0514. The van der Waals surface area contributed by atoms with Crippen molar-refractivity contribution in [1.82, 2.24) is 14.5 Å². The maximum absolute atomic E-state index is 10.2. The number of benzene rings is 2. The quantitative estimate of drug-likeness (QED) is 0.768. The van der Waals surface area contributed by atoms with Crippen molar-refractivity contribution in [3.8, 4) is 0 Å². The monoisotopic (exact) mass is 349 g/mol. The highest BCUT2D eigenvalue weighted by Gasteiger charge is 2.35. The molecule has 0 radical (unpaired) electrons. The van der Waals surface area contributed by atoms with Crippen molar-refractivity contribution in [2.75, 3.05) is 19.7 Å². The zero-order valence-corrected chi connectivity index (χ0v) is 15.4. The van der Waals surface area contributed by atoms with Gasteiger partial charge >= 0.3 is 0 Å². The second-order valence-corrected chi connectivity index (χ2v) is 7.71. The van der Waals surface area contributed by atoms with Crippen molar-refractivity contribution in [1.29, 1.82) is 0 Å². The summed E-state index contributed by atoms with van der Waals surface area (Å²) in [5.74, 6) is 1.10. The minimum absolute atomic E-state index is 0.0514. The van der Waals surface area contributed by atoms with Crippen molar-refractivity contribution < 1.29 is 5.11 Å². The number of aryl methyl sites for hydroxylation is 1. The van der Waals surface area contributed by atoms with Crippen LogP contribution < -0.4 is 0 Å². The molecule has 0 bridgehead atoms. The molecule has 1 atom stereocenters. The lowest BCUT2D eigenvalue weighted by Gasteiger charge is -2.42. The molecule has 3 aromatic rings. The summed E-state index contributed by atoms with van der Waals surface area (Å²) in [4.78, 5) is 7.28. The molecule has 1 fully saturated rings. The average Bonchev–Trinajstić information content (AvgIpc) is 2.99. The fourth-order valence-corrected chi connectivity index (χ4v) is 4.34. The van der Waals surface area contributed by atoms with Gasteiger partial charge in [-0.1, -0.05) is 42.5 Å². The first-order chi connectivity index (χ1) is 12.7. The van der Waals surface area contributed by atoms with Gasteiger partial charge in [-0.15, -0.1) is 0 Å². The highest BCUT2D eigenvalue weighted by Crippen LogP contribution is 2.34. The van der Waals surface area contributed by atoms with Crippen LogP contribution in [0.2, 0.25) is 0 Å². The molecule has 4 heteroatoms. The van der Waals surface area contributed by atoms with E-state index in [1.54, 1.807) is 0 Å². The molecular formula is C22H27N3O. The van der Waals surface area contributed by atoms with Crippen LogP contribution in [0.3, 0.4) is 0 Å². The van der Waals surface area contributed by atoms with Gasteiger partial charge in [0, 0.05) is 19.0 Å². The van der Waals surface area contributed by atoms with Crippen LogP contribution in [0.5, 0.6) is 0 Å². The van der Waals surface area contributed by atoms with Gasteiger partial charge in [0.2, 0.25) is 0 Å². The molecule has 1 saturated heterocycles. The van der Waals surface area contributed by atoms with Crippen LogP contribution in [-0.4, -0.2) is 39.3 Å². The van der Waals surface area contributed by atoms with Crippen molar-refractivity contribution in [3.05, 3.63) is 66.0 Å². The summed E-state index contributed by atoms with van der Waals surface area (Å²) in [6, 6.07) is 18.8. The standard InChI is InChI=1S/C22H27N3O/c1-24-20-11-6-5-10-19(20)23-21(24)15-25-13-7-12-22(16-25,17-26)14-18-8-3-2-4-9-18/h2-6,8-11,26H,7,12-17H2,1H3. The van der Waals surface area contributed by atoms with E-state index in [2.05, 4.69) is 59.0 Å². The van der Waals surface area contributed by atoms with Gasteiger partial charge in [-0.25, -0.2) is 4.98 Å². The zero-order chi connectivity index (χ0) is 18.0. The lowest BCUT2D eigenvalue weighted by molar-refractivity contribution is 0.0275. The first-order valence-corrected chi connectivity index (χ1v) is 9.47. The van der Waals surface area contributed by atoms with E-state index in [1.807, 2.05) is 12.1 Å². The van der Waals surface area contributed by atoms with Crippen LogP contribution in [0.15, 0.2) is 54.6 Å². The second-order valence-electron chi connectivity index (χ2n) is 7.71. The van der Waals surface area contributed by atoms with E-state index in [1.165, 1.54) is 11.1 Å². The van der Waals surface area contributed by atoms with E-state index in [0.717, 1.165) is 50.2 Å². The Morgan fingerprint density at radius 1 is 1.08 bits per heavy atom. The maximum atomic E-state index is 10.2. The summed E-state index contributed by atoms with van der Waals surface area (Å²) in [7, 11) is 2.10. The first kappa shape index (κ1) is 17.3. The number of aliphatic hydroxyl groups excluding tert-OH is 1. The highest BCUT2D eigenvalue weighted by molar-refractivity contribution is 5.75. The van der Waals surface area contributed by atoms with Crippen molar-refractivity contribution in [2.45, 2.75) is 25.8 Å². The first-order valence-electron chi connectivity index (χ1n) is 9.47. The van der Waals surface area contributed by atoms with Gasteiger partial charge in [-0.05, 0) is 43.5 Å². The lowest BCUT2D eigenvalue weighted by Crippen LogP contribution is -2.46. The van der Waals surface area contributed by atoms with Crippen LogP contribution in [-0.2, 0) is 20.0 Å². The molecule has 4 nitrogen and oxygen atoms in total. The minimum Gasteiger partial charge on any atom is -0.396 e. The topological polar surface area (TPSA) is 41.3 Å². The lowest BCUT2D eigenvalue weighted by atomic mass is 9.76. The third kappa shape index (κ3) is 3.39. The molecule has 0 saturated carbocycles. The van der Waals surface area contributed by atoms with E-state index < -0.39 is 0 Å². The normalized spacial score (nSPS) is 21.3. The molecule has 0 amide bonds. The van der Waals surface area contributed by atoms with Gasteiger partial charge < -0.3 is 9.67 Å². The van der Waals surface area contributed by atoms with Crippen molar-refractivity contribution in [3.63, 3.8) is 0 Å². The van der Waals surface area contributed by atoms with Crippen LogP contribution >= 0.6 is 0 Å². The van der Waals surface area contributed by atoms with Crippen molar-refractivity contribution in [2.24, 2.45) is 12.5 Å². The maximum Gasteiger partial charge on any atom is 0.123 e. The van der Waals surface area contributed by atoms with Crippen LogP contribution in [0.25, 0.3) is 11.0 Å². The molecule has 4 rings (SSSR count). The molecule has 2 heterocycles. The Kier molecular flexibility index (Phi) is 4.79. The summed E-state index contributed by atoms with van der Waals surface area (Å²) >= 11 is 0. The number of aliphatic hydroxyl groups is 1. The number of fused-ring (bicyclic) bond motifs is 1. The fraction of sp³-hybridized carbons (Fsp3) is 0.409. The Balaban J connectivity index is 1.52. The van der Waals surface area contributed by atoms with E-state index in [-0.39, 0.29) is 12.0 Å². The van der Waals surface area contributed by atoms with Gasteiger partial charge in [0.05, 0.1) is 24.2 Å². The highest BCUT2D eigenvalue weighted by atomic mass is 16.3. The molecule has 0 spiro atoms. The number of para-hydroxylation sites is 2. The third-order valence-electron chi connectivity index (χ3n) is 5.74. The van der Waals surface area contributed by atoms with Gasteiger partial charge in [-0.3, -0.25) is 4.90 Å². The molecule has 26 heavy (non-hydrogen) atoms. The summed E-state index contributed by atoms with van der Waals surface area (Å²) < 4.78 is 2.20. The molecule has 0 aliphatic carbocycles. The molecule has 1 aliphatic rings. The number of hydrogen-bond donors (Lipinski definition) is 1. The van der Waals surface area contributed by atoms with Crippen LogP contribution in [0.1, 0.15) is 24.2 Å².